The van der Waals surface area contributed by atoms with E-state index < -0.39 is 22.6 Å². The van der Waals surface area contributed by atoms with Gasteiger partial charge in [-0.25, -0.2) is 23.4 Å². The fraction of sp³-hybridized carbons (Fsp3) is 0.600. The molecule has 6 aliphatic heterocycles. The summed E-state index contributed by atoms with van der Waals surface area (Å²) in [6, 6.07) is 19.6. The predicted molar refractivity (Wildman–Crippen MR) is 174 cm³/mol. The van der Waals surface area contributed by atoms with Crippen LogP contribution in [0.15, 0.2) is 68.1 Å². The van der Waals surface area contributed by atoms with Crippen molar-refractivity contribution in [3.05, 3.63) is 65.7 Å². The van der Waals surface area contributed by atoms with Gasteiger partial charge in [0, 0.05) is 71.0 Å². The SMILES string of the molecule is c1ccc(CN2Cc3ccccc3O[P@@]23=NP(N2CCCC2)(N2CCCC2)=NP(N2CCCC2)(N2CCCC2)=N3)cc1. The van der Waals surface area contributed by atoms with Crippen LogP contribution < -0.4 is 4.52 Å². The molecular formula is C30H45N8OP3. The smallest absolute Gasteiger partial charge is 0.334 e. The van der Waals surface area contributed by atoms with E-state index in [1.54, 1.807) is 0 Å². The Bertz CT molecular complexity index is 1380. The van der Waals surface area contributed by atoms with Gasteiger partial charge in [-0.1, -0.05) is 48.5 Å². The molecule has 1 spiro atoms. The van der Waals surface area contributed by atoms with Gasteiger partial charge in [-0.15, -0.1) is 0 Å². The molecule has 0 unspecified atom stereocenters. The number of fused-ring (bicyclic) bond motifs is 1. The topological polar surface area (TPSA) is 62.5 Å². The van der Waals surface area contributed by atoms with Crippen molar-refractivity contribution >= 4 is 22.6 Å². The summed E-state index contributed by atoms with van der Waals surface area (Å²) in [7, 11) is -7.68. The van der Waals surface area contributed by atoms with E-state index in [1.165, 1.54) is 62.5 Å². The number of hydrogen-bond acceptors (Lipinski definition) is 9. The molecule has 2 aromatic rings. The van der Waals surface area contributed by atoms with Crippen LogP contribution in [0, 0.1) is 0 Å². The molecule has 0 aromatic heterocycles. The molecule has 6 heterocycles. The molecule has 42 heavy (non-hydrogen) atoms. The maximum absolute atomic E-state index is 7.39. The molecule has 9 nitrogen and oxygen atoms in total. The molecular weight excluding hydrogens is 581 g/mol. The maximum atomic E-state index is 7.39. The van der Waals surface area contributed by atoms with Crippen molar-refractivity contribution in [1.82, 2.24) is 23.4 Å². The van der Waals surface area contributed by atoms with E-state index in [9.17, 15) is 0 Å². The highest BCUT2D eigenvalue weighted by Crippen LogP contribution is 2.84. The fourth-order valence-electron chi connectivity index (χ4n) is 7.51. The number of benzene rings is 2. The lowest BCUT2D eigenvalue weighted by Gasteiger charge is -2.49. The van der Waals surface area contributed by atoms with Crippen molar-refractivity contribution in [3.8, 4) is 5.75 Å². The maximum Gasteiger partial charge on any atom is 0.334 e. The highest BCUT2D eigenvalue weighted by Gasteiger charge is 2.53. The van der Waals surface area contributed by atoms with Crippen LogP contribution in [0.1, 0.15) is 62.5 Å². The lowest BCUT2D eigenvalue weighted by molar-refractivity contribution is 0.359. The van der Waals surface area contributed by atoms with E-state index in [0.29, 0.717) is 0 Å². The van der Waals surface area contributed by atoms with Gasteiger partial charge in [0.2, 0.25) is 15.0 Å². The average molecular weight is 627 g/mol. The minimum Gasteiger partial charge on any atom is -0.430 e. The van der Waals surface area contributed by atoms with Crippen molar-refractivity contribution < 1.29 is 4.52 Å². The normalized spacial score (nSPS) is 30.1. The van der Waals surface area contributed by atoms with Gasteiger partial charge in [0.25, 0.3) is 0 Å². The Morgan fingerprint density at radius 2 is 1.02 bits per heavy atom. The first kappa shape index (κ1) is 28.2. The molecule has 12 heteroatoms. The summed E-state index contributed by atoms with van der Waals surface area (Å²) in [5.41, 5.74) is 2.54. The van der Waals surface area contributed by atoms with Crippen LogP contribution in [0.25, 0.3) is 0 Å². The summed E-state index contributed by atoms with van der Waals surface area (Å²) in [6.45, 7) is 10.3. The molecule has 0 amide bonds. The van der Waals surface area contributed by atoms with Crippen LogP contribution >= 0.6 is 22.6 Å². The first-order chi connectivity index (χ1) is 20.7. The number of hydrogen-bond donors (Lipinski definition) is 0. The Labute approximate surface area is 251 Å². The lowest BCUT2D eigenvalue weighted by atomic mass is 10.2. The predicted octanol–water partition coefficient (Wildman–Crippen LogP) is 8.32. The van der Waals surface area contributed by atoms with Crippen molar-refractivity contribution in [2.75, 3.05) is 52.4 Å². The van der Waals surface area contributed by atoms with E-state index >= 15 is 0 Å². The fourth-order valence-corrected chi connectivity index (χ4v) is 22.7. The monoisotopic (exact) mass is 626 g/mol. The third kappa shape index (κ3) is 4.84. The van der Waals surface area contributed by atoms with Gasteiger partial charge in [0.15, 0.2) is 0 Å². The Hall–Kier alpha value is -1.27. The van der Waals surface area contributed by atoms with Crippen LogP contribution in [0.5, 0.6) is 5.75 Å². The van der Waals surface area contributed by atoms with Gasteiger partial charge in [-0.2, -0.15) is 13.5 Å². The molecule has 0 bridgehead atoms. The second kappa shape index (κ2) is 11.6. The van der Waals surface area contributed by atoms with E-state index in [0.717, 1.165) is 71.2 Å². The van der Waals surface area contributed by atoms with Gasteiger partial charge < -0.3 is 4.52 Å². The Morgan fingerprint density at radius 1 is 0.548 bits per heavy atom. The molecule has 0 saturated carbocycles. The van der Waals surface area contributed by atoms with Crippen LogP contribution in [0.2, 0.25) is 0 Å². The van der Waals surface area contributed by atoms with Gasteiger partial charge >= 0.3 is 7.58 Å². The molecule has 4 saturated heterocycles. The molecule has 0 aliphatic carbocycles. The number of rotatable bonds is 6. The van der Waals surface area contributed by atoms with E-state index in [1.807, 2.05) is 0 Å². The molecule has 0 N–H and O–H groups in total. The summed E-state index contributed by atoms with van der Waals surface area (Å²) in [5, 5.41) is 0. The minimum atomic E-state index is -2.82. The van der Waals surface area contributed by atoms with Crippen LogP contribution in [-0.2, 0) is 13.1 Å². The van der Waals surface area contributed by atoms with Crippen molar-refractivity contribution in [2.45, 2.75) is 64.5 Å². The highest BCUT2D eigenvalue weighted by molar-refractivity contribution is 7.82. The van der Waals surface area contributed by atoms with Crippen molar-refractivity contribution in [3.63, 3.8) is 0 Å². The molecule has 226 valence electrons. The standard InChI is InChI=1S/C30H45N8OP3/c1-2-14-28(15-3-1)26-38-27-29-16-4-5-17-30(29)39-42(38)32-40(34-18-6-7-19-34,35-20-8-9-21-35)31-41(33-42,36-22-10-11-23-36)37-24-12-13-25-37/h1-5,14-17H,6-13,18-27H2. The van der Waals surface area contributed by atoms with Gasteiger partial charge in [-0.05, 0) is 63.0 Å². The zero-order chi connectivity index (χ0) is 28.0. The third-order valence-electron chi connectivity index (χ3n) is 9.68. The van der Waals surface area contributed by atoms with Crippen molar-refractivity contribution in [1.29, 1.82) is 0 Å². The zero-order valence-electron chi connectivity index (χ0n) is 24.8. The summed E-state index contributed by atoms with van der Waals surface area (Å²) in [4.78, 5) is 0. The van der Waals surface area contributed by atoms with Crippen LogP contribution in [0.3, 0.4) is 0 Å². The first-order valence-electron chi connectivity index (χ1n) is 16.2. The first-order valence-corrected chi connectivity index (χ1v) is 21.0. The van der Waals surface area contributed by atoms with E-state index in [2.05, 4.69) is 77.9 Å². The Balaban J connectivity index is 1.43. The highest BCUT2D eigenvalue weighted by atomic mass is 31.3. The lowest BCUT2D eigenvalue weighted by Crippen LogP contribution is -2.35. The summed E-state index contributed by atoms with van der Waals surface area (Å²) < 4.78 is 39.3. The van der Waals surface area contributed by atoms with E-state index in [4.69, 9.17) is 18.1 Å². The summed E-state index contributed by atoms with van der Waals surface area (Å²) in [6.07, 6.45) is 9.89. The van der Waals surface area contributed by atoms with Crippen molar-refractivity contribution in [2.24, 2.45) is 13.5 Å². The zero-order valence-corrected chi connectivity index (χ0v) is 27.4. The van der Waals surface area contributed by atoms with E-state index in [-0.39, 0.29) is 0 Å². The molecule has 1 atom stereocenters. The van der Waals surface area contributed by atoms with Gasteiger partial charge in [0.05, 0.1) is 0 Å². The molecule has 4 fully saturated rings. The third-order valence-corrected chi connectivity index (χ3v) is 21.5. The number of para-hydroxylation sites is 1. The van der Waals surface area contributed by atoms with Gasteiger partial charge in [-0.3, -0.25) is 0 Å². The molecule has 6 aliphatic rings. The Kier molecular flexibility index (Phi) is 7.78. The molecule has 0 radical (unpaired) electrons. The largest absolute Gasteiger partial charge is 0.430 e. The van der Waals surface area contributed by atoms with Crippen LogP contribution in [0.4, 0.5) is 0 Å². The average Bonchev–Trinajstić information content (AvgIpc) is 3.85. The number of nitrogens with zero attached hydrogens (tertiary/aromatic N) is 8. The summed E-state index contributed by atoms with van der Waals surface area (Å²) in [5.74, 6) is 0.978. The molecule has 8 rings (SSSR count). The van der Waals surface area contributed by atoms with Crippen LogP contribution in [-0.4, -0.2) is 75.7 Å². The second-order valence-electron chi connectivity index (χ2n) is 12.5. The minimum absolute atomic E-state index is 0.788. The molecule has 2 aromatic carbocycles. The summed E-state index contributed by atoms with van der Waals surface area (Å²) >= 11 is 0. The quantitative estimate of drug-likeness (QED) is 0.301. The second-order valence-corrected chi connectivity index (χ2v) is 20.8. The van der Waals surface area contributed by atoms with Gasteiger partial charge in [0.1, 0.15) is 5.75 Å². The Morgan fingerprint density at radius 3 is 1.57 bits per heavy atom.